The van der Waals surface area contributed by atoms with Gasteiger partial charge in [-0.15, -0.1) is 0 Å². The Hall–Kier alpha value is -2.22. The quantitative estimate of drug-likeness (QED) is 0.479. The number of phenols is 2. The highest BCUT2D eigenvalue weighted by Gasteiger charge is 2.33. The van der Waals surface area contributed by atoms with Crippen molar-refractivity contribution in [3.05, 3.63) is 65.2 Å². The fourth-order valence-electron chi connectivity index (χ4n) is 6.26. The molecule has 2 nitrogen and oxygen atoms in total. The van der Waals surface area contributed by atoms with Crippen LogP contribution in [0, 0.1) is 23.7 Å². The number of benzene rings is 2. The molecule has 0 aliphatic heterocycles. The molecule has 2 fully saturated rings. The van der Waals surface area contributed by atoms with Gasteiger partial charge < -0.3 is 10.2 Å². The molecule has 0 amide bonds. The minimum Gasteiger partial charge on any atom is -0.508 e. The maximum Gasteiger partial charge on any atom is 0.115 e. The minimum absolute atomic E-state index is 0.307. The number of hydrogen-bond acceptors (Lipinski definition) is 2. The summed E-state index contributed by atoms with van der Waals surface area (Å²) in [5.41, 5.74) is 5.30. The van der Waals surface area contributed by atoms with Crippen molar-refractivity contribution in [3.63, 3.8) is 0 Å². The van der Waals surface area contributed by atoms with Gasteiger partial charge in [0, 0.05) is 0 Å². The van der Waals surface area contributed by atoms with Crippen LogP contribution in [0.25, 0.3) is 5.57 Å². The fourth-order valence-corrected chi connectivity index (χ4v) is 6.26. The minimum atomic E-state index is 0.307. The van der Waals surface area contributed by atoms with Crippen molar-refractivity contribution in [1.29, 1.82) is 0 Å². The second kappa shape index (κ2) is 9.94. The molecule has 3 unspecified atom stereocenters. The van der Waals surface area contributed by atoms with Crippen LogP contribution in [0.3, 0.4) is 0 Å². The van der Waals surface area contributed by atoms with Gasteiger partial charge in [0.2, 0.25) is 0 Å². The first-order valence-corrected chi connectivity index (χ1v) is 12.4. The van der Waals surface area contributed by atoms with E-state index in [1.807, 2.05) is 0 Å². The standard InChI is InChI=1S/C29H38O2/c1-3-21-9-6-10-27(21)28(19-20(2)22-7-4-5-8-22)29(23-11-15-25(30)16-12-23)24-13-17-26(31)18-14-24/h11-18,20-22,27,30-31H,3-10,19H2,1-2H3. The van der Waals surface area contributed by atoms with Gasteiger partial charge in [0.15, 0.2) is 0 Å². The van der Waals surface area contributed by atoms with E-state index >= 15 is 0 Å². The van der Waals surface area contributed by atoms with Gasteiger partial charge in [-0.1, -0.05) is 82.2 Å². The Kier molecular flexibility index (Phi) is 7.05. The summed E-state index contributed by atoms with van der Waals surface area (Å²) >= 11 is 0. The second-order valence-electron chi connectivity index (χ2n) is 9.93. The lowest BCUT2D eigenvalue weighted by Crippen LogP contribution is -2.17. The topological polar surface area (TPSA) is 40.5 Å². The highest BCUT2D eigenvalue weighted by Crippen LogP contribution is 2.47. The van der Waals surface area contributed by atoms with E-state index in [1.165, 1.54) is 68.1 Å². The van der Waals surface area contributed by atoms with Crippen molar-refractivity contribution in [2.75, 3.05) is 0 Å². The maximum atomic E-state index is 9.92. The first-order valence-electron chi connectivity index (χ1n) is 12.4. The first kappa shape index (κ1) is 22.0. The average molecular weight is 419 g/mol. The number of hydrogen-bond donors (Lipinski definition) is 2. The van der Waals surface area contributed by atoms with Gasteiger partial charge in [0.1, 0.15) is 11.5 Å². The lowest BCUT2D eigenvalue weighted by molar-refractivity contribution is 0.336. The molecule has 2 aromatic rings. The summed E-state index contributed by atoms with van der Waals surface area (Å²) in [6.45, 7) is 4.82. The SMILES string of the molecule is CCC1CCCC1C(CC(C)C1CCCC1)=C(c1ccc(O)cc1)c1ccc(O)cc1. The molecule has 2 saturated carbocycles. The zero-order valence-electron chi connectivity index (χ0n) is 19.2. The van der Waals surface area contributed by atoms with Crippen LogP contribution in [0.4, 0.5) is 0 Å². The molecule has 2 aliphatic carbocycles. The Labute approximate surface area is 188 Å². The van der Waals surface area contributed by atoms with E-state index in [0.717, 1.165) is 18.3 Å². The summed E-state index contributed by atoms with van der Waals surface area (Å²) in [6, 6.07) is 15.5. The van der Waals surface area contributed by atoms with Crippen molar-refractivity contribution in [3.8, 4) is 11.5 Å². The molecule has 0 aromatic heterocycles. The van der Waals surface area contributed by atoms with E-state index < -0.39 is 0 Å². The van der Waals surface area contributed by atoms with Crippen LogP contribution in [-0.4, -0.2) is 10.2 Å². The molecule has 0 bridgehead atoms. The van der Waals surface area contributed by atoms with E-state index in [-0.39, 0.29) is 0 Å². The Morgan fingerprint density at radius 2 is 1.35 bits per heavy atom. The van der Waals surface area contributed by atoms with Crippen LogP contribution in [0.1, 0.15) is 82.8 Å². The fraction of sp³-hybridized carbons (Fsp3) is 0.517. The van der Waals surface area contributed by atoms with Crippen molar-refractivity contribution < 1.29 is 10.2 Å². The number of rotatable bonds is 7. The summed E-state index contributed by atoms with van der Waals surface area (Å²) in [6.07, 6.45) is 11.9. The van der Waals surface area contributed by atoms with E-state index in [9.17, 15) is 10.2 Å². The molecular formula is C29H38O2. The Morgan fingerprint density at radius 1 is 0.806 bits per heavy atom. The summed E-state index contributed by atoms with van der Waals surface area (Å²) in [4.78, 5) is 0. The van der Waals surface area contributed by atoms with Gasteiger partial charge in [0.25, 0.3) is 0 Å². The molecule has 0 saturated heterocycles. The van der Waals surface area contributed by atoms with E-state index in [4.69, 9.17) is 0 Å². The smallest absolute Gasteiger partial charge is 0.115 e. The number of allylic oxidation sites excluding steroid dienone is 1. The normalized spacial score (nSPS) is 22.5. The average Bonchev–Trinajstić information content (AvgIpc) is 3.48. The predicted octanol–water partition coefficient (Wildman–Crippen LogP) is 7.94. The Balaban J connectivity index is 1.85. The Bertz CT molecular complexity index is 824. The molecule has 2 aromatic carbocycles. The third-order valence-electron chi connectivity index (χ3n) is 8.01. The summed E-state index contributed by atoms with van der Waals surface area (Å²) in [5, 5.41) is 19.8. The van der Waals surface area contributed by atoms with Gasteiger partial charge in [0.05, 0.1) is 0 Å². The molecule has 166 valence electrons. The van der Waals surface area contributed by atoms with E-state index in [2.05, 4.69) is 38.1 Å². The number of phenolic OH excluding ortho intramolecular Hbond substituents is 2. The summed E-state index contributed by atoms with van der Waals surface area (Å²) < 4.78 is 0. The van der Waals surface area contributed by atoms with Crippen molar-refractivity contribution >= 4 is 5.57 Å². The van der Waals surface area contributed by atoms with Crippen molar-refractivity contribution in [1.82, 2.24) is 0 Å². The molecule has 31 heavy (non-hydrogen) atoms. The monoisotopic (exact) mass is 418 g/mol. The van der Waals surface area contributed by atoms with Crippen LogP contribution >= 0.6 is 0 Å². The van der Waals surface area contributed by atoms with E-state index in [0.29, 0.717) is 23.3 Å². The zero-order valence-corrected chi connectivity index (χ0v) is 19.2. The van der Waals surface area contributed by atoms with Crippen LogP contribution in [0.15, 0.2) is 54.1 Å². The molecular weight excluding hydrogens is 380 g/mol. The zero-order chi connectivity index (χ0) is 21.8. The largest absolute Gasteiger partial charge is 0.508 e. The van der Waals surface area contributed by atoms with Crippen LogP contribution in [0.2, 0.25) is 0 Å². The molecule has 2 heteroatoms. The van der Waals surface area contributed by atoms with Gasteiger partial charge in [-0.2, -0.15) is 0 Å². The molecule has 2 aliphatic rings. The van der Waals surface area contributed by atoms with Gasteiger partial charge in [-0.05, 0) is 83.9 Å². The molecule has 2 N–H and O–H groups in total. The molecule has 0 spiro atoms. The number of aromatic hydroxyl groups is 2. The third-order valence-corrected chi connectivity index (χ3v) is 8.01. The predicted molar refractivity (Wildman–Crippen MR) is 129 cm³/mol. The van der Waals surface area contributed by atoms with Crippen LogP contribution in [-0.2, 0) is 0 Å². The first-order chi connectivity index (χ1) is 15.1. The third kappa shape index (κ3) is 5.00. The Morgan fingerprint density at radius 3 is 1.87 bits per heavy atom. The van der Waals surface area contributed by atoms with Crippen molar-refractivity contribution in [2.45, 2.75) is 71.6 Å². The maximum absolute atomic E-state index is 9.92. The molecule has 3 atom stereocenters. The summed E-state index contributed by atoms with van der Waals surface area (Å²) in [7, 11) is 0. The van der Waals surface area contributed by atoms with Crippen LogP contribution in [0.5, 0.6) is 11.5 Å². The lowest BCUT2D eigenvalue weighted by Gasteiger charge is -2.30. The molecule has 4 rings (SSSR count). The van der Waals surface area contributed by atoms with Crippen molar-refractivity contribution in [2.24, 2.45) is 23.7 Å². The lowest BCUT2D eigenvalue weighted by atomic mass is 9.75. The molecule has 0 heterocycles. The highest BCUT2D eigenvalue weighted by molar-refractivity contribution is 5.83. The second-order valence-corrected chi connectivity index (χ2v) is 9.93. The van der Waals surface area contributed by atoms with E-state index in [1.54, 1.807) is 29.8 Å². The van der Waals surface area contributed by atoms with Crippen LogP contribution < -0.4 is 0 Å². The van der Waals surface area contributed by atoms with Gasteiger partial charge >= 0.3 is 0 Å². The molecule has 0 radical (unpaired) electrons. The summed E-state index contributed by atoms with van der Waals surface area (Å²) in [5.74, 6) is 3.54. The van der Waals surface area contributed by atoms with Gasteiger partial charge in [-0.25, -0.2) is 0 Å². The van der Waals surface area contributed by atoms with Gasteiger partial charge in [-0.3, -0.25) is 0 Å². The highest BCUT2D eigenvalue weighted by atomic mass is 16.3.